The molecule has 1 unspecified atom stereocenters. The van der Waals surface area contributed by atoms with Crippen LogP contribution < -0.4 is 27.2 Å². The Morgan fingerprint density at radius 3 is 2.66 bits per heavy atom. The largest absolute Gasteiger partial charge is 0.358 e. The Hall–Kier alpha value is -2.88. The number of nitrogens with two attached hydrogens (primary N) is 1. The molecule has 29 heavy (non-hydrogen) atoms. The highest BCUT2D eigenvalue weighted by Crippen LogP contribution is 2.23. The summed E-state index contributed by atoms with van der Waals surface area (Å²) >= 11 is 0. The second-order valence-corrected chi connectivity index (χ2v) is 7.73. The number of carbonyl (C=O) groups excluding carboxylic acids is 1. The van der Waals surface area contributed by atoms with Crippen molar-refractivity contribution in [1.29, 1.82) is 0 Å². The van der Waals surface area contributed by atoms with Crippen molar-refractivity contribution < 1.29 is 4.79 Å². The van der Waals surface area contributed by atoms with Crippen LogP contribution >= 0.6 is 0 Å². The molecule has 1 amide bonds. The number of nitrogens with zero attached hydrogens (tertiary/aromatic N) is 5. The molecule has 0 bridgehead atoms. The highest BCUT2D eigenvalue weighted by atomic mass is 16.2. The summed E-state index contributed by atoms with van der Waals surface area (Å²) in [5.41, 5.74) is 6.79. The van der Waals surface area contributed by atoms with E-state index in [1.54, 1.807) is 0 Å². The standard InChI is InChI=1S/C19H29N7O3/c1-12(2)7-9-25-15-16(22-18(25)24-8-5-6-13(20)10-24)26(11-14(27)21-3)19(29)23(4)17(15)28/h7,13H,5-6,8-11,20H2,1-4H3,(H,21,27). The van der Waals surface area contributed by atoms with Crippen LogP contribution in [0.3, 0.4) is 0 Å². The summed E-state index contributed by atoms with van der Waals surface area (Å²) in [5, 5.41) is 2.51. The molecule has 2 aromatic rings. The van der Waals surface area contributed by atoms with E-state index < -0.39 is 11.2 Å². The fourth-order valence-corrected chi connectivity index (χ4v) is 3.59. The number of allylic oxidation sites excluding steroid dienone is 2. The van der Waals surface area contributed by atoms with Crippen LogP contribution in [0, 0.1) is 0 Å². The molecule has 0 radical (unpaired) electrons. The molecule has 3 rings (SSSR count). The molecule has 1 aliphatic rings. The Kier molecular flexibility index (Phi) is 5.92. The van der Waals surface area contributed by atoms with Crippen LogP contribution in [0.4, 0.5) is 5.95 Å². The second-order valence-electron chi connectivity index (χ2n) is 7.73. The fraction of sp³-hybridized carbons (Fsp3) is 0.579. The predicted octanol–water partition coefficient (Wildman–Crippen LogP) is -0.464. The third-order valence-corrected chi connectivity index (χ3v) is 5.21. The number of hydrogen-bond acceptors (Lipinski definition) is 6. The number of piperidine rings is 1. The first-order valence-corrected chi connectivity index (χ1v) is 9.79. The van der Waals surface area contributed by atoms with Gasteiger partial charge in [0.2, 0.25) is 11.9 Å². The lowest BCUT2D eigenvalue weighted by molar-refractivity contribution is -0.121. The van der Waals surface area contributed by atoms with E-state index >= 15 is 0 Å². The molecule has 0 spiro atoms. The molecule has 10 nitrogen and oxygen atoms in total. The zero-order valence-corrected chi connectivity index (χ0v) is 17.4. The lowest BCUT2D eigenvalue weighted by Crippen LogP contribution is -2.44. The van der Waals surface area contributed by atoms with Crippen molar-refractivity contribution in [3.8, 4) is 0 Å². The highest BCUT2D eigenvalue weighted by Gasteiger charge is 2.26. The van der Waals surface area contributed by atoms with Gasteiger partial charge in [0, 0.05) is 39.8 Å². The number of rotatable bonds is 5. The van der Waals surface area contributed by atoms with Gasteiger partial charge in [-0.25, -0.2) is 4.79 Å². The van der Waals surface area contributed by atoms with Gasteiger partial charge in [0.25, 0.3) is 5.56 Å². The minimum absolute atomic E-state index is 0.0244. The molecule has 0 aromatic carbocycles. The first-order valence-electron chi connectivity index (χ1n) is 9.79. The third kappa shape index (κ3) is 3.98. The Labute approximate surface area is 168 Å². The average molecular weight is 403 g/mol. The van der Waals surface area contributed by atoms with Gasteiger partial charge >= 0.3 is 5.69 Å². The van der Waals surface area contributed by atoms with Crippen LogP contribution in [0.25, 0.3) is 11.2 Å². The fourth-order valence-electron chi connectivity index (χ4n) is 3.59. The number of fused-ring (bicyclic) bond motifs is 1. The Bertz CT molecular complexity index is 1070. The molecule has 2 aromatic heterocycles. The first-order chi connectivity index (χ1) is 13.7. The van der Waals surface area contributed by atoms with E-state index in [1.807, 2.05) is 24.5 Å². The van der Waals surface area contributed by atoms with E-state index in [-0.39, 0.29) is 24.1 Å². The Morgan fingerprint density at radius 1 is 1.31 bits per heavy atom. The van der Waals surface area contributed by atoms with E-state index in [0.717, 1.165) is 29.5 Å². The molecule has 158 valence electrons. The SMILES string of the molecule is CNC(=O)Cn1c(=O)n(C)c(=O)c2c1nc(N1CCCC(N)C1)n2CC=C(C)C. The molecule has 10 heteroatoms. The van der Waals surface area contributed by atoms with Crippen molar-refractivity contribution in [2.45, 2.75) is 45.8 Å². The summed E-state index contributed by atoms with van der Waals surface area (Å²) in [5.74, 6) is 0.258. The smallest absolute Gasteiger partial charge is 0.332 e. The minimum Gasteiger partial charge on any atom is -0.358 e. The predicted molar refractivity (Wildman–Crippen MR) is 112 cm³/mol. The van der Waals surface area contributed by atoms with Crippen LogP contribution in [-0.2, 0) is 24.9 Å². The van der Waals surface area contributed by atoms with E-state index in [2.05, 4.69) is 15.2 Å². The number of imidazole rings is 1. The van der Waals surface area contributed by atoms with Crippen LogP contribution in [0.2, 0.25) is 0 Å². The second kappa shape index (κ2) is 8.24. The molecule has 3 heterocycles. The van der Waals surface area contributed by atoms with Gasteiger partial charge < -0.3 is 20.5 Å². The molecular weight excluding hydrogens is 374 g/mol. The molecule has 1 aliphatic heterocycles. The van der Waals surface area contributed by atoms with Gasteiger partial charge in [-0.2, -0.15) is 4.98 Å². The first kappa shape index (κ1) is 20.8. The van der Waals surface area contributed by atoms with E-state index in [1.165, 1.54) is 18.7 Å². The van der Waals surface area contributed by atoms with Gasteiger partial charge in [-0.05, 0) is 26.7 Å². The summed E-state index contributed by atoms with van der Waals surface area (Å²) in [4.78, 5) is 44.5. The number of amides is 1. The Morgan fingerprint density at radius 2 is 2.03 bits per heavy atom. The zero-order valence-electron chi connectivity index (χ0n) is 17.4. The quantitative estimate of drug-likeness (QED) is 0.652. The zero-order chi connectivity index (χ0) is 21.3. The van der Waals surface area contributed by atoms with Gasteiger partial charge in [-0.1, -0.05) is 11.6 Å². The van der Waals surface area contributed by atoms with Gasteiger partial charge in [0.15, 0.2) is 11.2 Å². The monoisotopic (exact) mass is 403 g/mol. The number of carbonyl (C=O) groups is 1. The van der Waals surface area contributed by atoms with Gasteiger partial charge in [-0.15, -0.1) is 0 Å². The molecule has 0 aliphatic carbocycles. The van der Waals surface area contributed by atoms with Crippen LogP contribution in [-0.4, -0.2) is 50.8 Å². The van der Waals surface area contributed by atoms with Crippen LogP contribution in [0.5, 0.6) is 0 Å². The van der Waals surface area contributed by atoms with Crippen molar-refractivity contribution in [2.75, 3.05) is 25.0 Å². The maximum atomic E-state index is 13.0. The third-order valence-electron chi connectivity index (χ3n) is 5.21. The summed E-state index contributed by atoms with van der Waals surface area (Å²) in [6.45, 7) is 5.58. The molecule has 0 saturated carbocycles. The number of aromatic nitrogens is 4. The van der Waals surface area contributed by atoms with E-state index in [0.29, 0.717) is 24.6 Å². The summed E-state index contributed by atoms with van der Waals surface area (Å²) < 4.78 is 4.10. The molecular formula is C19H29N7O3. The molecule has 3 N–H and O–H groups in total. The van der Waals surface area contributed by atoms with E-state index in [4.69, 9.17) is 5.73 Å². The lowest BCUT2D eigenvalue weighted by Gasteiger charge is -2.31. The number of anilines is 1. The normalized spacial score (nSPS) is 16.9. The Balaban J connectivity index is 2.31. The number of likely N-dealkylation sites (N-methyl/N-ethyl adjacent to an activating group) is 1. The van der Waals surface area contributed by atoms with Gasteiger partial charge in [0.1, 0.15) is 6.54 Å². The van der Waals surface area contributed by atoms with Crippen molar-refractivity contribution in [3.63, 3.8) is 0 Å². The maximum absolute atomic E-state index is 13.0. The molecule has 1 saturated heterocycles. The summed E-state index contributed by atoms with van der Waals surface area (Å²) in [7, 11) is 2.92. The minimum atomic E-state index is -0.570. The van der Waals surface area contributed by atoms with E-state index in [9.17, 15) is 14.4 Å². The van der Waals surface area contributed by atoms with Gasteiger partial charge in [-0.3, -0.25) is 18.7 Å². The molecule has 1 atom stereocenters. The number of nitrogens with one attached hydrogen (secondary N) is 1. The average Bonchev–Trinajstić information content (AvgIpc) is 3.07. The topological polar surface area (TPSA) is 120 Å². The van der Waals surface area contributed by atoms with Crippen molar-refractivity contribution in [1.82, 2.24) is 24.0 Å². The molecule has 1 fully saturated rings. The lowest BCUT2D eigenvalue weighted by atomic mass is 10.1. The van der Waals surface area contributed by atoms with Crippen LogP contribution in [0.1, 0.15) is 26.7 Å². The number of hydrogen-bond donors (Lipinski definition) is 2. The summed E-state index contributed by atoms with van der Waals surface area (Å²) in [6.07, 6.45) is 3.87. The van der Waals surface area contributed by atoms with Crippen molar-refractivity contribution in [3.05, 3.63) is 32.5 Å². The van der Waals surface area contributed by atoms with Crippen molar-refractivity contribution >= 4 is 23.0 Å². The highest BCUT2D eigenvalue weighted by molar-refractivity contribution is 5.79. The maximum Gasteiger partial charge on any atom is 0.332 e. The van der Waals surface area contributed by atoms with Crippen molar-refractivity contribution in [2.24, 2.45) is 12.8 Å². The van der Waals surface area contributed by atoms with Gasteiger partial charge in [0.05, 0.1) is 0 Å². The van der Waals surface area contributed by atoms with Crippen LogP contribution in [0.15, 0.2) is 21.2 Å². The summed E-state index contributed by atoms with van der Waals surface area (Å²) in [6, 6.07) is 0.0244.